The Bertz CT molecular complexity index is 622. The van der Waals surface area contributed by atoms with Crippen molar-refractivity contribution in [2.24, 2.45) is 4.99 Å². The number of likely N-dealkylation sites (N-methyl/N-ethyl adjacent to an activating group) is 1. The van der Waals surface area contributed by atoms with Gasteiger partial charge in [-0.3, -0.25) is 9.89 Å². The predicted octanol–water partition coefficient (Wildman–Crippen LogP) is 2.79. The molecule has 0 saturated carbocycles. The van der Waals surface area contributed by atoms with Gasteiger partial charge in [0.2, 0.25) is 0 Å². The van der Waals surface area contributed by atoms with Gasteiger partial charge in [-0.1, -0.05) is 13.3 Å². The first-order valence-electron chi connectivity index (χ1n) is 10.7. The molecule has 0 aliphatic carbocycles. The number of methoxy groups -OCH3 is 2. The fraction of sp³-hybridized carbons (Fsp3) is 0.682. The highest BCUT2D eigenvalue weighted by Crippen LogP contribution is 2.24. The summed E-state index contributed by atoms with van der Waals surface area (Å²) < 4.78 is 10.8. The molecule has 1 fully saturated rings. The Morgan fingerprint density at radius 3 is 2.50 bits per heavy atom. The maximum absolute atomic E-state index is 5.39. The number of hydrogen-bond donors (Lipinski definition) is 2. The van der Waals surface area contributed by atoms with E-state index in [1.807, 2.05) is 13.1 Å². The molecule has 1 aromatic carbocycles. The number of benzene rings is 1. The van der Waals surface area contributed by atoms with Gasteiger partial charge in [-0.2, -0.15) is 0 Å². The molecule has 8 heteroatoms. The third-order valence-corrected chi connectivity index (χ3v) is 5.33. The van der Waals surface area contributed by atoms with E-state index in [1.54, 1.807) is 14.2 Å². The standard InChI is InChI=1S/C22H39N5O2.HI/c1-6-7-10-26(3)12-9-24-22(23-2)25-19-8-11-27(17-19)16-18-13-20(28-4)15-21(14-18)29-5;/h13-15,19H,6-12,16-17H2,1-5H3,(H2,23,24,25);1H. The summed E-state index contributed by atoms with van der Waals surface area (Å²) in [6.45, 7) is 8.25. The lowest BCUT2D eigenvalue weighted by atomic mass is 10.2. The number of aliphatic imine (C=N–C) groups is 1. The first-order valence-corrected chi connectivity index (χ1v) is 10.7. The van der Waals surface area contributed by atoms with Crippen LogP contribution in [0.2, 0.25) is 0 Å². The van der Waals surface area contributed by atoms with Gasteiger partial charge in [-0.25, -0.2) is 0 Å². The largest absolute Gasteiger partial charge is 0.497 e. The van der Waals surface area contributed by atoms with E-state index in [2.05, 4.69) is 51.5 Å². The van der Waals surface area contributed by atoms with Crippen LogP contribution in [0, 0.1) is 0 Å². The van der Waals surface area contributed by atoms with Gasteiger partial charge in [-0.15, -0.1) is 24.0 Å². The number of halogens is 1. The van der Waals surface area contributed by atoms with Gasteiger partial charge in [-0.05, 0) is 44.1 Å². The van der Waals surface area contributed by atoms with Gasteiger partial charge in [0.25, 0.3) is 0 Å². The molecule has 1 atom stereocenters. The van der Waals surface area contributed by atoms with E-state index in [9.17, 15) is 0 Å². The van der Waals surface area contributed by atoms with Gasteiger partial charge in [0.05, 0.1) is 14.2 Å². The van der Waals surface area contributed by atoms with Crippen LogP contribution in [0.4, 0.5) is 0 Å². The number of ether oxygens (including phenoxy) is 2. The second-order valence-corrected chi connectivity index (χ2v) is 7.74. The normalized spacial score (nSPS) is 17.0. The molecule has 1 aromatic rings. The van der Waals surface area contributed by atoms with Crippen molar-refractivity contribution in [3.63, 3.8) is 0 Å². The number of hydrogen-bond acceptors (Lipinski definition) is 5. The van der Waals surface area contributed by atoms with Gasteiger partial charge in [0.15, 0.2) is 5.96 Å². The van der Waals surface area contributed by atoms with Crippen LogP contribution in [-0.2, 0) is 6.54 Å². The van der Waals surface area contributed by atoms with Crippen LogP contribution < -0.4 is 20.1 Å². The summed E-state index contributed by atoms with van der Waals surface area (Å²) in [4.78, 5) is 9.21. The number of nitrogens with zero attached hydrogens (tertiary/aromatic N) is 3. The fourth-order valence-electron chi connectivity index (χ4n) is 3.60. The van der Waals surface area contributed by atoms with Crippen molar-refractivity contribution in [2.45, 2.75) is 38.8 Å². The van der Waals surface area contributed by atoms with Crippen molar-refractivity contribution in [3.05, 3.63) is 23.8 Å². The first kappa shape index (κ1) is 26.8. The van der Waals surface area contributed by atoms with Crippen molar-refractivity contribution >= 4 is 29.9 Å². The Morgan fingerprint density at radius 1 is 1.20 bits per heavy atom. The monoisotopic (exact) mass is 533 g/mol. The van der Waals surface area contributed by atoms with Crippen LogP contribution in [0.25, 0.3) is 0 Å². The minimum absolute atomic E-state index is 0. The van der Waals surface area contributed by atoms with Gasteiger partial charge in [0.1, 0.15) is 11.5 Å². The molecule has 0 bridgehead atoms. The van der Waals surface area contributed by atoms with E-state index in [-0.39, 0.29) is 24.0 Å². The number of likely N-dealkylation sites (tertiary alicyclic amines) is 1. The molecule has 7 nitrogen and oxygen atoms in total. The second-order valence-electron chi connectivity index (χ2n) is 7.74. The molecule has 30 heavy (non-hydrogen) atoms. The third kappa shape index (κ3) is 9.26. The van der Waals surface area contributed by atoms with E-state index < -0.39 is 0 Å². The summed E-state index contributed by atoms with van der Waals surface area (Å²) in [6.07, 6.45) is 3.60. The van der Waals surface area contributed by atoms with E-state index in [1.165, 1.54) is 18.4 Å². The molecule has 172 valence electrons. The highest BCUT2D eigenvalue weighted by atomic mass is 127. The quantitative estimate of drug-likeness (QED) is 0.259. The van der Waals surface area contributed by atoms with Crippen molar-refractivity contribution in [1.29, 1.82) is 0 Å². The molecule has 0 radical (unpaired) electrons. The second kappa shape index (κ2) is 14.7. The number of guanidine groups is 1. The zero-order chi connectivity index (χ0) is 21.1. The molecule has 1 unspecified atom stereocenters. The minimum atomic E-state index is 0. The highest BCUT2D eigenvalue weighted by Gasteiger charge is 2.23. The van der Waals surface area contributed by atoms with Gasteiger partial charge in [0, 0.05) is 51.9 Å². The molecule has 1 aliphatic rings. The van der Waals surface area contributed by atoms with Crippen molar-refractivity contribution in [1.82, 2.24) is 20.4 Å². The van der Waals surface area contributed by atoms with Gasteiger partial charge >= 0.3 is 0 Å². The van der Waals surface area contributed by atoms with Gasteiger partial charge < -0.3 is 25.0 Å². The zero-order valence-corrected chi connectivity index (χ0v) is 21.6. The minimum Gasteiger partial charge on any atom is -0.497 e. The Hall–Kier alpha value is -1.26. The topological polar surface area (TPSA) is 61.4 Å². The van der Waals surface area contributed by atoms with Crippen LogP contribution in [0.5, 0.6) is 11.5 Å². The summed E-state index contributed by atoms with van der Waals surface area (Å²) in [6, 6.07) is 6.48. The van der Waals surface area contributed by atoms with E-state index in [0.717, 1.165) is 63.1 Å². The number of unbranched alkanes of at least 4 members (excludes halogenated alkanes) is 1. The summed E-state index contributed by atoms with van der Waals surface area (Å²) in [7, 11) is 7.39. The van der Waals surface area contributed by atoms with E-state index in [0.29, 0.717) is 6.04 Å². The molecule has 2 rings (SSSR count). The van der Waals surface area contributed by atoms with Crippen LogP contribution in [0.1, 0.15) is 31.7 Å². The van der Waals surface area contributed by atoms with E-state index in [4.69, 9.17) is 9.47 Å². The van der Waals surface area contributed by atoms with Crippen molar-refractivity contribution in [2.75, 3.05) is 61.0 Å². The maximum atomic E-state index is 5.39. The molecular weight excluding hydrogens is 493 g/mol. The Balaban J connectivity index is 0.00000450. The summed E-state index contributed by atoms with van der Waals surface area (Å²) in [5, 5.41) is 7.02. The van der Waals surface area contributed by atoms with Crippen LogP contribution in [0.3, 0.4) is 0 Å². The fourth-order valence-corrected chi connectivity index (χ4v) is 3.60. The Kier molecular flexibility index (Phi) is 13.1. The highest BCUT2D eigenvalue weighted by molar-refractivity contribution is 14.0. The Labute approximate surface area is 199 Å². The molecule has 0 spiro atoms. The average molecular weight is 533 g/mol. The molecular formula is C22H40IN5O2. The smallest absolute Gasteiger partial charge is 0.191 e. The van der Waals surface area contributed by atoms with Crippen LogP contribution >= 0.6 is 24.0 Å². The predicted molar refractivity (Wildman–Crippen MR) is 136 cm³/mol. The maximum Gasteiger partial charge on any atom is 0.191 e. The molecule has 0 aromatic heterocycles. The third-order valence-electron chi connectivity index (χ3n) is 5.33. The molecule has 1 saturated heterocycles. The van der Waals surface area contributed by atoms with Crippen LogP contribution in [0.15, 0.2) is 23.2 Å². The zero-order valence-electron chi connectivity index (χ0n) is 19.2. The lowest BCUT2D eigenvalue weighted by Gasteiger charge is -2.21. The first-order chi connectivity index (χ1) is 14.1. The molecule has 1 aliphatic heterocycles. The average Bonchev–Trinajstić information content (AvgIpc) is 3.17. The number of nitrogens with one attached hydrogen (secondary N) is 2. The number of rotatable bonds is 11. The SMILES string of the molecule is CCCCN(C)CCNC(=NC)NC1CCN(Cc2cc(OC)cc(OC)c2)C1.I. The summed E-state index contributed by atoms with van der Waals surface area (Å²) in [5.74, 6) is 2.56. The Morgan fingerprint density at radius 2 is 1.90 bits per heavy atom. The van der Waals surface area contributed by atoms with E-state index >= 15 is 0 Å². The van der Waals surface area contributed by atoms with Crippen molar-refractivity contribution in [3.8, 4) is 11.5 Å². The lowest BCUT2D eigenvalue weighted by molar-refractivity contribution is 0.321. The molecule has 2 N–H and O–H groups in total. The van der Waals surface area contributed by atoms with Crippen LogP contribution in [-0.4, -0.2) is 82.8 Å². The van der Waals surface area contributed by atoms with Crippen molar-refractivity contribution < 1.29 is 9.47 Å². The summed E-state index contributed by atoms with van der Waals surface area (Å²) >= 11 is 0. The summed E-state index contributed by atoms with van der Waals surface area (Å²) in [5.41, 5.74) is 1.21. The molecule has 1 heterocycles. The molecule has 0 amide bonds. The lowest BCUT2D eigenvalue weighted by Crippen LogP contribution is -2.46.